The average molecular weight is 267 g/mol. The van der Waals surface area contributed by atoms with Gasteiger partial charge in [0.05, 0.1) is 5.41 Å². The second-order valence-corrected chi connectivity index (χ2v) is 4.82. The Balaban J connectivity index is 3.08. The molecule has 0 spiro atoms. The maximum Gasteiger partial charge on any atom is 0.323 e. The monoisotopic (exact) mass is 267 g/mol. The summed E-state index contributed by atoms with van der Waals surface area (Å²) in [7, 11) is 0. The number of carbonyl (C=O) groups is 2. The van der Waals surface area contributed by atoms with Crippen molar-refractivity contribution < 1.29 is 19.1 Å². The SMILES string of the molecule is CCN(CC(=O)O)C(=O)C(C)(C)c1ccccc1F. The molecule has 0 aliphatic carbocycles. The summed E-state index contributed by atoms with van der Waals surface area (Å²) in [5.74, 6) is -1.95. The zero-order valence-electron chi connectivity index (χ0n) is 11.3. The number of carbonyl (C=O) groups excluding carboxylic acids is 1. The quantitative estimate of drug-likeness (QED) is 0.888. The maximum absolute atomic E-state index is 13.8. The first-order valence-corrected chi connectivity index (χ1v) is 6.06. The zero-order valence-corrected chi connectivity index (χ0v) is 11.3. The standard InChI is InChI=1S/C14H18FNO3/c1-4-16(9-12(17)18)13(19)14(2,3)10-7-5-6-8-11(10)15/h5-8H,4,9H2,1-3H3,(H,17,18). The number of aliphatic carboxylic acids is 1. The zero-order chi connectivity index (χ0) is 14.6. The lowest BCUT2D eigenvalue weighted by Crippen LogP contribution is -2.45. The van der Waals surface area contributed by atoms with E-state index < -0.39 is 23.1 Å². The molecule has 0 aliphatic rings. The fourth-order valence-electron chi connectivity index (χ4n) is 1.97. The lowest BCUT2D eigenvalue weighted by atomic mass is 9.82. The van der Waals surface area contributed by atoms with Gasteiger partial charge >= 0.3 is 5.97 Å². The molecule has 4 nitrogen and oxygen atoms in total. The van der Waals surface area contributed by atoms with Gasteiger partial charge in [0.15, 0.2) is 0 Å². The molecule has 0 radical (unpaired) electrons. The van der Waals surface area contributed by atoms with Gasteiger partial charge in [-0.1, -0.05) is 18.2 Å². The molecule has 1 amide bonds. The van der Waals surface area contributed by atoms with Crippen molar-refractivity contribution in [2.24, 2.45) is 0 Å². The van der Waals surface area contributed by atoms with Crippen molar-refractivity contribution in [1.29, 1.82) is 0 Å². The van der Waals surface area contributed by atoms with Crippen LogP contribution in [0.4, 0.5) is 4.39 Å². The minimum atomic E-state index is -1.10. The van der Waals surface area contributed by atoms with Crippen LogP contribution in [-0.4, -0.2) is 35.0 Å². The number of hydrogen-bond acceptors (Lipinski definition) is 2. The molecule has 1 aromatic carbocycles. The molecule has 5 heteroatoms. The maximum atomic E-state index is 13.8. The van der Waals surface area contributed by atoms with Crippen LogP contribution in [0.2, 0.25) is 0 Å². The van der Waals surface area contributed by atoms with Crippen molar-refractivity contribution in [3.8, 4) is 0 Å². The Labute approximate surface area is 111 Å². The lowest BCUT2D eigenvalue weighted by Gasteiger charge is -2.30. The topological polar surface area (TPSA) is 57.6 Å². The highest BCUT2D eigenvalue weighted by Crippen LogP contribution is 2.27. The number of benzene rings is 1. The van der Waals surface area contributed by atoms with E-state index in [0.29, 0.717) is 0 Å². The van der Waals surface area contributed by atoms with E-state index in [0.717, 1.165) is 0 Å². The summed E-state index contributed by atoms with van der Waals surface area (Å²) in [5.41, 5.74) is -0.833. The van der Waals surface area contributed by atoms with Gasteiger partial charge in [-0.3, -0.25) is 9.59 Å². The number of rotatable bonds is 5. The summed E-state index contributed by atoms with van der Waals surface area (Å²) in [6.45, 7) is 4.77. The highest BCUT2D eigenvalue weighted by molar-refractivity contribution is 5.89. The normalized spacial score (nSPS) is 11.2. The minimum absolute atomic E-state index is 0.267. The third-order valence-electron chi connectivity index (χ3n) is 3.08. The molecule has 1 aromatic rings. The van der Waals surface area contributed by atoms with Crippen LogP contribution in [0.15, 0.2) is 24.3 Å². The number of halogens is 1. The summed E-state index contributed by atoms with van der Waals surface area (Å²) in [6, 6.07) is 6.04. The molecule has 0 aromatic heterocycles. The van der Waals surface area contributed by atoms with E-state index in [-0.39, 0.29) is 18.7 Å². The molecule has 0 fully saturated rings. The van der Waals surface area contributed by atoms with Gasteiger partial charge in [0.2, 0.25) is 5.91 Å². The molecule has 0 saturated heterocycles. The minimum Gasteiger partial charge on any atom is -0.480 e. The third kappa shape index (κ3) is 3.30. The smallest absolute Gasteiger partial charge is 0.323 e. The van der Waals surface area contributed by atoms with E-state index in [1.165, 1.54) is 11.0 Å². The Morgan fingerprint density at radius 2 is 1.89 bits per heavy atom. The Hall–Kier alpha value is -1.91. The molecule has 0 atom stereocenters. The average Bonchev–Trinajstić information content (AvgIpc) is 2.35. The summed E-state index contributed by atoms with van der Waals surface area (Å²) < 4.78 is 13.8. The number of amides is 1. The third-order valence-corrected chi connectivity index (χ3v) is 3.08. The summed E-state index contributed by atoms with van der Waals surface area (Å²) in [6.07, 6.45) is 0. The molecule has 0 heterocycles. The fraction of sp³-hybridized carbons (Fsp3) is 0.429. The van der Waals surface area contributed by atoms with Crippen LogP contribution in [0.3, 0.4) is 0 Å². The molecule has 1 rings (SSSR count). The van der Waals surface area contributed by atoms with Crippen LogP contribution in [0, 0.1) is 5.82 Å². The Bertz CT molecular complexity index is 485. The van der Waals surface area contributed by atoms with E-state index in [1.807, 2.05) is 0 Å². The number of carboxylic acid groups (broad SMARTS) is 1. The van der Waals surface area contributed by atoms with Crippen molar-refractivity contribution in [3.05, 3.63) is 35.6 Å². The molecular formula is C14H18FNO3. The highest BCUT2D eigenvalue weighted by Gasteiger charge is 2.35. The van der Waals surface area contributed by atoms with E-state index in [9.17, 15) is 14.0 Å². The van der Waals surface area contributed by atoms with E-state index in [1.54, 1.807) is 39.0 Å². The molecule has 104 valence electrons. The Morgan fingerprint density at radius 3 is 2.37 bits per heavy atom. The highest BCUT2D eigenvalue weighted by atomic mass is 19.1. The van der Waals surface area contributed by atoms with Crippen molar-refractivity contribution in [2.45, 2.75) is 26.2 Å². The van der Waals surface area contributed by atoms with E-state index in [4.69, 9.17) is 5.11 Å². The van der Waals surface area contributed by atoms with Gasteiger partial charge in [-0.15, -0.1) is 0 Å². The van der Waals surface area contributed by atoms with Crippen LogP contribution in [-0.2, 0) is 15.0 Å². The van der Waals surface area contributed by atoms with Crippen molar-refractivity contribution >= 4 is 11.9 Å². The molecule has 0 aliphatic heterocycles. The van der Waals surface area contributed by atoms with Crippen LogP contribution >= 0.6 is 0 Å². The van der Waals surface area contributed by atoms with Crippen LogP contribution in [0.5, 0.6) is 0 Å². The summed E-state index contributed by atoms with van der Waals surface area (Å²) >= 11 is 0. The summed E-state index contributed by atoms with van der Waals surface area (Å²) in [5, 5.41) is 8.79. The number of nitrogens with zero attached hydrogens (tertiary/aromatic N) is 1. The molecule has 19 heavy (non-hydrogen) atoms. The van der Waals surface area contributed by atoms with Gasteiger partial charge in [0.25, 0.3) is 0 Å². The van der Waals surface area contributed by atoms with E-state index in [2.05, 4.69) is 0 Å². The predicted molar refractivity (Wildman–Crippen MR) is 69.3 cm³/mol. The van der Waals surface area contributed by atoms with Crippen LogP contribution in [0.25, 0.3) is 0 Å². The van der Waals surface area contributed by atoms with Crippen molar-refractivity contribution in [3.63, 3.8) is 0 Å². The Kier molecular flexibility index (Phi) is 4.64. The number of likely N-dealkylation sites (N-methyl/N-ethyl adjacent to an activating group) is 1. The summed E-state index contributed by atoms with van der Waals surface area (Å²) in [4.78, 5) is 24.3. The molecule has 0 saturated carbocycles. The molecule has 0 unspecified atom stereocenters. The van der Waals surface area contributed by atoms with Crippen LogP contribution < -0.4 is 0 Å². The number of carboxylic acids is 1. The first-order valence-electron chi connectivity index (χ1n) is 6.06. The molecule has 1 N–H and O–H groups in total. The largest absolute Gasteiger partial charge is 0.480 e. The molecule has 0 bridgehead atoms. The second kappa shape index (κ2) is 5.82. The predicted octanol–water partition coefficient (Wildman–Crippen LogP) is 2.04. The van der Waals surface area contributed by atoms with E-state index >= 15 is 0 Å². The van der Waals surface area contributed by atoms with Crippen LogP contribution in [0.1, 0.15) is 26.3 Å². The second-order valence-electron chi connectivity index (χ2n) is 4.82. The van der Waals surface area contributed by atoms with Gasteiger partial charge in [-0.25, -0.2) is 4.39 Å². The van der Waals surface area contributed by atoms with Gasteiger partial charge in [0.1, 0.15) is 12.4 Å². The number of hydrogen-bond donors (Lipinski definition) is 1. The van der Waals surface area contributed by atoms with Gasteiger partial charge in [-0.05, 0) is 26.8 Å². The van der Waals surface area contributed by atoms with Gasteiger partial charge in [0, 0.05) is 12.1 Å². The Morgan fingerprint density at radius 1 is 1.32 bits per heavy atom. The van der Waals surface area contributed by atoms with Crippen molar-refractivity contribution in [2.75, 3.05) is 13.1 Å². The van der Waals surface area contributed by atoms with Crippen molar-refractivity contribution in [1.82, 2.24) is 4.90 Å². The fourth-order valence-corrected chi connectivity index (χ4v) is 1.97. The lowest BCUT2D eigenvalue weighted by molar-refractivity contribution is -0.146. The molecular weight excluding hydrogens is 249 g/mol. The first-order chi connectivity index (χ1) is 8.80. The van der Waals surface area contributed by atoms with Gasteiger partial charge < -0.3 is 10.0 Å². The first kappa shape index (κ1) is 15.1. The van der Waals surface area contributed by atoms with Gasteiger partial charge in [-0.2, -0.15) is 0 Å².